The number of pyridine rings is 1. The molecular weight excluding hydrogens is 322 g/mol. The van der Waals surface area contributed by atoms with Crippen LogP contribution >= 0.6 is 0 Å². The van der Waals surface area contributed by atoms with Gasteiger partial charge in [0, 0.05) is 31.9 Å². The third kappa shape index (κ3) is 3.89. The number of aromatic nitrogens is 2. The Balaban J connectivity index is 1.68. The number of hydrogen-bond acceptors (Lipinski definition) is 6. The number of aliphatic hydroxyl groups excluding tert-OH is 1. The van der Waals surface area contributed by atoms with E-state index < -0.39 is 5.76 Å². The maximum absolute atomic E-state index is 12.0. The SMILES string of the molecule is COc1ccc(C(CCO)NCCn2c(=O)oc3cccnc32)cc1. The van der Waals surface area contributed by atoms with E-state index in [1.165, 1.54) is 4.57 Å². The zero-order valence-electron chi connectivity index (χ0n) is 14.0. The molecule has 0 radical (unpaired) electrons. The summed E-state index contributed by atoms with van der Waals surface area (Å²) < 4.78 is 11.9. The maximum atomic E-state index is 12.0. The molecule has 132 valence electrons. The molecule has 1 unspecified atom stereocenters. The molecule has 2 N–H and O–H groups in total. The van der Waals surface area contributed by atoms with E-state index in [0.717, 1.165) is 11.3 Å². The van der Waals surface area contributed by atoms with Gasteiger partial charge in [-0.1, -0.05) is 12.1 Å². The Morgan fingerprint density at radius 2 is 2.12 bits per heavy atom. The second-order valence-electron chi connectivity index (χ2n) is 5.64. The molecule has 2 aromatic heterocycles. The van der Waals surface area contributed by atoms with E-state index in [-0.39, 0.29) is 12.6 Å². The number of ether oxygens (including phenoxy) is 1. The Kier molecular flexibility index (Phi) is 5.47. The number of benzene rings is 1. The van der Waals surface area contributed by atoms with Gasteiger partial charge in [-0.3, -0.25) is 4.57 Å². The minimum atomic E-state index is -0.418. The van der Waals surface area contributed by atoms with Crippen LogP contribution in [0.3, 0.4) is 0 Å². The van der Waals surface area contributed by atoms with Crippen molar-refractivity contribution < 1.29 is 14.3 Å². The summed E-state index contributed by atoms with van der Waals surface area (Å²) in [5, 5.41) is 12.7. The number of nitrogens with zero attached hydrogens (tertiary/aromatic N) is 2. The van der Waals surface area contributed by atoms with Crippen LogP contribution in [-0.4, -0.2) is 34.9 Å². The Morgan fingerprint density at radius 3 is 2.84 bits per heavy atom. The average Bonchev–Trinajstić information content (AvgIpc) is 2.96. The van der Waals surface area contributed by atoms with Crippen LogP contribution in [0.15, 0.2) is 51.8 Å². The van der Waals surface area contributed by atoms with Crippen molar-refractivity contribution in [3.63, 3.8) is 0 Å². The molecule has 1 atom stereocenters. The lowest BCUT2D eigenvalue weighted by atomic mass is 10.0. The van der Waals surface area contributed by atoms with Gasteiger partial charge < -0.3 is 19.6 Å². The van der Waals surface area contributed by atoms with Gasteiger partial charge in [-0.15, -0.1) is 0 Å². The van der Waals surface area contributed by atoms with Crippen molar-refractivity contribution in [1.29, 1.82) is 0 Å². The van der Waals surface area contributed by atoms with Crippen molar-refractivity contribution in [3.05, 3.63) is 58.7 Å². The molecule has 0 bridgehead atoms. The summed E-state index contributed by atoms with van der Waals surface area (Å²) in [7, 11) is 1.62. The second-order valence-corrected chi connectivity index (χ2v) is 5.64. The zero-order chi connectivity index (χ0) is 17.6. The summed E-state index contributed by atoms with van der Waals surface area (Å²) in [5.74, 6) is 0.368. The Bertz CT molecular complexity index is 870. The van der Waals surface area contributed by atoms with Crippen molar-refractivity contribution in [3.8, 4) is 5.75 Å². The van der Waals surface area contributed by atoms with Crippen LogP contribution in [0.5, 0.6) is 5.75 Å². The molecule has 0 fully saturated rings. The summed E-state index contributed by atoms with van der Waals surface area (Å²) in [5.41, 5.74) is 2.07. The largest absolute Gasteiger partial charge is 0.497 e. The smallest absolute Gasteiger partial charge is 0.421 e. The van der Waals surface area contributed by atoms with Gasteiger partial charge in [-0.25, -0.2) is 9.78 Å². The predicted octanol–water partition coefficient (Wildman–Crippen LogP) is 1.71. The summed E-state index contributed by atoms with van der Waals surface area (Å²) in [4.78, 5) is 16.2. The molecule has 0 aliphatic rings. The Labute approximate surface area is 144 Å². The molecule has 0 spiro atoms. The van der Waals surface area contributed by atoms with Gasteiger partial charge >= 0.3 is 5.76 Å². The highest BCUT2D eigenvalue weighted by Crippen LogP contribution is 2.20. The molecular formula is C18H21N3O4. The van der Waals surface area contributed by atoms with Gasteiger partial charge in [0.15, 0.2) is 11.2 Å². The lowest BCUT2D eigenvalue weighted by molar-refractivity contribution is 0.264. The van der Waals surface area contributed by atoms with Gasteiger partial charge in [0.2, 0.25) is 0 Å². The molecule has 2 heterocycles. The van der Waals surface area contributed by atoms with Crippen LogP contribution < -0.4 is 15.8 Å². The number of aliphatic hydroxyl groups is 1. The molecule has 7 nitrogen and oxygen atoms in total. The number of nitrogens with one attached hydrogen (secondary N) is 1. The summed E-state index contributed by atoms with van der Waals surface area (Å²) in [6.07, 6.45) is 2.21. The number of fused-ring (bicyclic) bond motifs is 1. The lowest BCUT2D eigenvalue weighted by Crippen LogP contribution is -2.28. The fraction of sp³-hybridized carbons (Fsp3) is 0.333. The molecule has 25 heavy (non-hydrogen) atoms. The summed E-state index contributed by atoms with van der Waals surface area (Å²) in [6.45, 7) is 1.04. The van der Waals surface area contributed by atoms with E-state index in [0.29, 0.717) is 30.7 Å². The topological polar surface area (TPSA) is 89.5 Å². The molecule has 0 saturated heterocycles. The average molecular weight is 343 g/mol. The van der Waals surface area contributed by atoms with Gasteiger partial charge in [0.05, 0.1) is 7.11 Å². The number of methoxy groups -OCH3 is 1. The molecule has 0 amide bonds. The van der Waals surface area contributed by atoms with E-state index in [4.69, 9.17) is 9.15 Å². The first-order chi connectivity index (χ1) is 12.2. The van der Waals surface area contributed by atoms with Crippen molar-refractivity contribution in [2.24, 2.45) is 0 Å². The molecule has 3 aromatic rings. The van der Waals surface area contributed by atoms with Gasteiger partial charge in [-0.2, -0.15) is 0 Å². The van der Waals surface area contributed by atoms with Crippen LogP contribution in [0.25, 0.3) is 11.2 Å². The van der Waals surface area contributed by atoms with E-state index in [9.17, 15) is 9.90 Å². The standard InChI is InChI=1S/C18H21N3O4/c1-24-14-6-4-13(5-7-14)15(8-12-22)19-10-11-21-17-16(25-18(21)23)3-2-9-20-17/h2-7,9,15,19,22H,8,10-12H2,1H3. The van der Waals surface area contributed by atoms with E-state index >= 15 is 0 Å². The number of oxazole rings is 1. The minimum absolute atomic E-state index is 0.0160. The van der Waals surface area contributed by atoms with Crippen LogP contribution in [0.4, 0.5) is 0 Å². The third-order valence-corrected chi connectivity index (χ3v) is 4.09. The minimum Gasteiger partial charge on any atom is -0.497 e. The van der Waals surface area contributed by atoms with Gasteiger partial charge in [0.25, 0.3) is 0 Å². The Hall–Kier alpha value is -2.64. The first-order valence-electron chi connectivity index (χ1n) is 8.15. The first kappa shape index (κ1) is 17.2. The highest BCUT2D eigenvalue weighted by Gasteiger charge is 2.13. The van der Waals surface area contributed by atoms with E-state index in [1.807, 2.05) is 24.3 Å². The predicted molar refractivity (Wildman–Crippen MR) is 93.7 cm³/mol. The molecule has 0 saturated carbocycles. The van der Waals surface area contributed by atoms with Crippen LogP contribution in [0.2, 0.25) is 0 Å². The van der Waals surface area contributed by atoms with Crippen molar-refractivity contribution in [1.82, 2.24) is 14.9 Å². The molecule has 3 rings (SSSR count). The summed E-state index contributed by atoms with van der Waals surface area (Å²) in [6, 6.07) is 11.1. The number of rotatable bonds is 8. The Morgan fingerprint density at radius 1 is 1.32 bits per heavy atom. The zero-order valence-corrected chi connectivity index (χ0v) is 14.0. The number of hydrogen-bond donors (Lipinski definition) is 2. The van der Waals surface area contributed by atoms with Crippen molar-refractivity contribution in [2.75, 3.05) is 20.3 Å². The van der Waals surface area contributed by atoms with Crippen molar-refractivity contribution >= 4 is 11.2 Å². The molecule has 1 aromatic carbocycles. The fourth-order valence-electron chi connectivity index (χ4n) is 2.80. The molecule has 0 aliphatic heterocycles. The molecule has 7 heteroatoms. The lowest BCUT2D eigenvalue weighted by Gasteiger charge is -2.18. The maximum Gasteiger partial charge on any atom is 0.421 e. The highest BCUT2D eigenvalue weighted by atomic mass is 16.5. The summed E-state index contributed by atoms with van der Waals surface area (Å²) >= 11 is 0. The highest BCUT2D eigenvalue weighted by molar-refractivity contribution is 5.67. The van der Waals surface area contributed by atoms with Gasteiger partial charge in [0.1, 0.15) is 5.75 Å². The van der Waals surface area contributed by atoms with E-state index in [1.54, 1.807) is 25.4 Å². The normalized spacial score (nSPS) is 12.4. The monoisotopic (exact) mass is 343 g/mol. The molecule has 0 aliphatic carbocycles. The van der Waals surface area contributed by atoms with Crippen LogP contribution in [0, 0.1) is 0 Å². The third-order valence-electron chi connectivity index (χ3n) is 4.09. The van der Waals surface area contributed by atoms with Crippen LogP contribution in [0.1, 0.15) is 18.0 Å². The first-order valence-corrected chi connectivity index (χ1v) is 8.15. The van der Waals surface area contributed by atoms with Crippen molar-refractivity contribution in [2.45, 2.75) is 19.0 Å². The van der Waals surface area contributed by atoms with Gasteiger partial charge in [-0.05, 0) is 36.2 Å². The van der Waals surface area contributed by atoms with E-state index in [2.05, 4.69) is 10.3 Å². The second kappa shape index (κ2) is 7.96. The quantitative estimate of drug-likeness (QED) is 0.647. The fourth-order valence-corrected chi connectivity index (χ4v) is 2.80. The van der Waals surface area contributed by atoms with Crippen LogP contribution in [-0.2, 0) is 6.54 Å².